The summed E-state index contributed by atoms with van der Waals surface area (Å²) < 4.78 is 0. The zero-order valence-electron chi connectivity index (χ0n) is 15.0. The van der Waals surface area contributed by atoms with Crippen molar-refractivity contribution in [3.8, 4) is 11.1 Å². The van der Waals surface area contributed by atoms with Crippen LogP contribution in [0.1, 0.15) is 21.5 Å². The van der Waals surface area contributed by atoms with Gasteiger partial charge in [0, 0.05) is 22.2 Å². The van der Waals surface area contributed by atoms with Gasteiger partial charge >= 0.3 is 0 Å². The number of rotatable bonds is 5. The van der Waals surface area contributed by atoms with Gasteiger partial charge in [0.15, 0.2) is 5.78 Å². The highest BCUT2D eigenvalue weighted by molar-refractivity contribution is 7.15. The fraction of sp³-hybridized carbons (Fsp3) is 0.0417. The summed E-state index contributed by atoms with van der Waals surface area (Å²) in [6.07, 6.45) is 0. The van der Waals surface area contributed by atoms with Gasteiger partial charge in [0.05, 0.1) is 5.56 Å². The molecule has 1 aromatic heterocycles. The highest BCUT2D eigenvalue weighted by Gasteiger charge is 2.21. The molecule has 0 unspecified atom stereocenters. The van der Waals surface area contributed by atoms with Gasteiger partial charge in [-0.25, -0.2) is 0 Å². The maximum absolute atomic E-state index is 13.4. The van der Waals surface area contributed by atoms with Crippen LogP contribution in [-0.4, -0.2) is 5.78 Å². The number of para-hydroxylation sites is 1. The number of anilines is 2. The van der Waals surface area contributed by atoms with E-state index in [0.29, 0.717) is 5.56 Å². The van der Waals surface area contributed by atoms with Crippen LogP contribution in [-0.2, 0) is 0 Å². The van der Waals surface area contributed by atoms with Gasteiger partial charge < -0.3 is 5.32 Å². The summed E-state index contributed by atoms with van der Waals surface area (Å²) in [6.45, 7) is 2.02. The maximum atomic E-state index is 13.4. The van der Waals surface area contributed by atoms with E-state index in [1.54, 1.807) is 11.3 Å². The molecule has 132 valence electrons. The van der Waals surface area contributed by atoms with Crippen LogP contribution in [0.5, 0.6) is 0 Å². The molecule has 0 fully saturated rings. The smallest absolute Gasteiger partial charge is 0.196 e. The monoisotopic (exact) mass is 369 g/mol. The molecule has 2 nitrogen and oxygen atoms in total. The second-order valence-electron chi connectivity index (χ2n) is 6.41. The summed E-state index contributed by atoms with van der Waals surface area (Å²) in [4.78, 5) is 13.4. The van der Waals surface area contributed by atoms with Gasteiger partial charge in [0.25, 0.3) is 0 Å². The normalized spacial score (nSPS) is 10.6. The van der Waals surface area contributed by atoms with Crippen molar-refractivity contribution in [2.24, 2.45) is 0 Å². The second-order valence-corrected chi connectivity index (χ2v) is 7.29. The second kappa shape index (κ2) is 7.60. The fourth-order valence-electron chi connectivity index (χ4n) is 3.01. The first-order valence-electron chi connectivity index (χ1n) is 8.83. The summed E-state index contributed by atoms with van der Waals surface area (Å²) >= 11 is 1.56. The molecule has 27 heavy (non-hydrogen) atoms. The van der Waals surface area contributed by atoms with Gasteiger partial charge in [0.1, 0.15) is 5.00 Å². The fourth-order valence-corrected chi connectivity index (χ4v) is 3.99. The van der Waals surface area contributed by atoms with Crippen LogP contribution >= 0.6 is 11.3 Å². The van der Waals surface area contributed by atoms with Gasteiger partial charge in [-0.15, -0.1) is 11.3 Å². The molecule has 0 radical (unpaired) electrons. The molecule has 0 bridgehead atoms. The number of hydrogen-bond donors (Lipinski definition) is 1. The topological polar surface area (TPSA) is 29.1 Å². The number of aryl methyl sites for hydroxylation is 1. The number of carbonyl (C=O) groups is 1. The van der Waals surface area contributed by atoms with Crippen LogP contribution < -0.4 is 5.32 Å². The maximum Gasteiger partial charge on any atom is 0.196 e. The number of thiophene rings is 1. The van der Waals surface area contributed by atoms with Crippen LogP contribution in [0.3, 0.4) is 0 Å². The Morgan fingerprint density at radius 2 is 1.44 bits per heavy atom. The Morgan fingerprint density at radius 1 is 0.815 bits per heavy atom. The first kappa shape index (κ1) is 17.3. The molecule has 0 saturated carbocycles. The lowest BCUT2D eigenvalue weighted by atomic mass is 9.96. The quantitative estimate of drug-likeness (QED) is 0.397. The Morgan fingerprint density at radius 3 is 2.11 bits per heavy atom. The highest BCUT2D eigenvalue weighted by Crippen LogP contribution is 2.38. The summed E-state index contributed by atoms with van der Waals surface area (Å²) in [5.74, 6) is 0.0357. The molecule has 0 atom stereocenters. The van der Waals surface area contributed by atoms with Crippen LogP contribution in [0, 0.1) is 6.92 Å². The molecular formula is C24H19NOS. The summed E-state index contributed by atoms with van der Waals surface area (Å²) in [5.41, 5.74) is 5.54. The van der Waals surface area contributed by atoms with Crippen molar-refractivity contribution in [1.29, 1.82) is 0 Å². The zero-order chi connectivity index (χ0) is 18.6. The third-order valence-electron chi connectivity index (χ3n) is 4.45. The molecule has 3 aromatic carbocycles. The predicted molar refractivity (Wildman–Crippen MR) is 114 cm³/mol. The molecule has 4 aromatic rings. The average molecular weight is 369 g/mol. The minimum atomic E-state index is 0.0357. The van der Waals surface area contributed by atoms with Crippen molar-refractivity contribution in [2.75, 3.05) is 5.32 Å². The molecule has 0 saturated heterocycles. The Kier molecular flexibility index (Phi) is 4.86. The molecule has 0 aliphatic carbocycles. The highest BCUT2D eigenvalue weighted by atomic mass is 32.1. The van der Waals surface area contributed by atoms with Crippen molar-refractivity contribution in [2.45, 2.75) is 6.92 Å². The zero-order valence-corrected chi connectivity index (χ0v) is 15.8. The van der Waals surface area contributed by atoms with Gasteiger partial charge in [-0.1, -0.05) is 78.4 Å². The number of nitrogens with one attached hydrogen (secondary N) is 1. The standard InChI is InChI=1S/C24H19NOS/c1-17-12-14-19(15-13-17)23(26)22-21(18-8-4-2-5-9-18)16-27-24(22)25-20-10-6-3-7-11-20/h2-16,25H,1H3. The Balaban J connectivity index is 1.81. The van der Waals surface area contributed by atoms with Gasteiger partial charge in [0.2, 0.25) is 0 Å². The Bertz CT molecular complexity index is 1050. The molecule has 1 N–H and O–H groups in total. The third-order valence-corrected chi connectivity index (χ3v) is 5.34. The number of carbonyl (C=O) groups excluding carboxylic acids is 1. The molecular weight excluding hydrogens is 350 g/mol. The van der Waals surface area contributed by atoms with Crippen LogP contribution in [0.25, 0.3) is 11.1 Å². The molecule has 0 spiro atoms. The van der Waals surface area contributed by atoms with Gasteiger partial charge in [-0.3, -0.25) is 4.79 Å². The van der Waals surface area contributed by atoms with E-state index in [2.05, 4.69) is 10.7 Å². The largest absolute Gasteiger partial charge is 0.347 e. The van der Waals surface area contributed by atoms with E-state index >= 15 is 0 Å². The van der Waals surface area contributed by atoms with E-state index in [1.165, 1.54) is 0 Å². The molecule has 0 aliphatic rings. The first-order valence-corrected chi connectivity index (χ1v) is 9.71. The van der Waals surface area contributed by atoms with Gasteiger partial charge in [-0.05, 0) is 24.6 Å². The average Bonchev–Trinajstić information content (AvgIpc) is 3.13. The summed E-state index contributed by atoms with van der Waals surface area (Å²) in [7, 11) is 0. The van der Waals surface area contributed by atoms with E-state index in [9.17, 15) is 4.79 Å². The summed E-state index contributed by atoms with van der Waals surface area (Å²) in [5, 5.41) is 6.35. The number of ketones is 1. The lowest BCUT2D eigenvalue weighted by molar-refractivity contribution is 0.104. The van der Waals surface area contributed by atoms with Crippen LogP contribution in [0.2, 0.25) is 0 Å². The van der Waals surface area contributed by atoms with Crippen molar-refractivity contribution in [1.82, 2.24) is 0 Å². The molecule has 1 heterocycles. The molecule has 3 heteroatoms. The summed E-state index contributed by atoms with van der Waals surface area (Å²) in [6, 6.07) is 27.8. The Hall–Kier alpha value is -3.17. The van der Waals surface area contributed by atoms with Crippen LogP contribution in [0.15, 0.2) is 90.3 Å². The van der Waals surface area contributed by atoms with Crippen molar-refractivity contribution < 1.29 is 4.79 Å². The van der Waals surface area contributed by atoms with E-state index in [4.69, 9.17) is 0 Å². The molecule has 0 aliphatic heterocycles. The predicted octanol–water partition coefficient (Wildman–Crippen LogP) is 6.70. The Labute approximate surface area is 163 Å². The minimum Gasteiger partial charge on any atom is -0.347 e. The van der Waals surface area contributed by atoms with E-state index in [1.807, 2.05) is 91.9 Å². The van der Waals surface area contributed by atoms with Gasteiger partial charge in [-0.2, -0.15) is 0 Å². The number of hydrogen-bond acceptors (Lipinski definition) is 3. The lowest BCUT2D eigenvalue weighted by Gasteiger charge is -2.10. The SMILES string of the molecule is Cc1ccc(C(=O)c2c(-c3ccccc3)csc2Nc2ccccc2)cc1. The first-order chi connectivity index (χ1) is 13.2. The molecule has 4 rings (SSSR count). The lowest BCUT2D eigenvalue weighted by Crippen LogP contribution is -2.05. The van der Waals surface area contributed by atoms with Crippen molar-refractivity contribution in [3.63, 3.8) is 0 Å². The van der Waals surface area contributed by atoms with Crippen LogP contribution in [0.4, 0.5) is 10.7 Å². The minimum absolute atomic E-state index is 0.0357. The van der Waals surface area contributed by atoms with Crippen molar-refractivity contribution >= 4 is 27.8 Å². The third kappa shape index (κ3) is 3.69. The van der Waals surface area contributed by atoms with E-state index in [-0.39, 0.29) is 5.78 Å². The van der Waals surface area contributed by atoms with E-state index in [0.717, 1.165) is 32.9 Å². The molecule has 0 amide bonds. The van der Waals surface area contributed by atoms with E-state index < -0.39 is 0 Å². The number of benzene rings is 3. The van der Waals surface area contributed by atoms with Crippen molar-refractivity contribution in [3.05, 3.63) is 107 Å².